The first-order valence-corrected chi connectivity index (χ1v) is 9.33. The molecule has 8 heteroatoms. The van der Waals surface area contributed by atoms with Gasteiger partial charge < -0.3 is 14.9 Å². The van der Waals surface area contributed by atoms with Crippen LogP contribution in [0.5, 0.6) is 5.75 Å². The molecule has 29 heavy (non-hydrogen) atoms. The number of hydrogen-bond acceptors (Lipinski definition) is 4. The third-order valence-electron chi connectivity index (χ3n) is 5.20. The molecule has 0 spiro atoms. The fraction of sp³-hybridized carbons (Fsp3) is 0.381. The highest BCUT2D eigenvalue weighted by atomic mass is 19.4. The highest BCUT2D eigenvalue weighted by molar-refractivity contribution is 6.04. The Balaban J connectivity index is 1.46. The predicted molar refractivity (Wildman–Crippen MR) is 98.6 cm³/mol. The van der Waals surface area contributed by atoms with E-state index in [1.54, 1.807) is 25.3 Å². The molecule has 2 aliphatic rings. The molecule has 1 N–H and O–H groups in total. The van der Waals surface area contributed by atoms with Gasteiger partial charge in [-0.15, -0.1) is 0 Å². The van der Waals surface area contributed by atoms with Crippen molar-refractivity contribution in [2.24, 2.45) is 5.92 Å². The minimum Gasteiger partial charge on any atom is -0.378 e. The minimum atomic E-state index is -4.42. The molecule has 2 atom stereocenters. The maximum atomic E-state index is 12.7. The third-order valence-corrected chi connectivity index (χ3v) is 5.20. The normalized spacial score (nSPS) is 19.8. The summed E-state index contributed by atoms with van der Waals surface area (Å²) < 4.78 is 43.5. The molecule has 2 unspecified atom stereocenters. The number of ether oxygens (including phenoxy) is 1. The first-order chi connectivity index (χ1) is 13.8. The lowest BCUT2D eigenvalue weighted by atomic mass is 9.97. The molecule has 1 saturated carbocycles. The van der Waals surface area contributed by atoms with E-state index in [9.17, 15) is 18.0 Å². The van der Waals surface area contributed by atoms with Gasteiger partial charge >= 0.3 is 6.18 Å². The number of hydrogen-bond donors (Lipinski definition) is 1. The van der Waals surface area contributed by atoms with Crippen molar-refractivity contribution in [2.45, 2.75) is 37.6 Å². The van der Waals surface area contributed by atoms with Gasteiger partial charge in [0.2, 0.25) is 0 Å². The summed E-state index contributed by atoms with van der Waals surface area (Å²) in [5.74, 6) is 0.584. The molecule has 1 amide bonds. The molecule has 0 saturated heterocycles. The zero-order chi connectivity index (χ0) is 20.6. The molecule has 1 aliphatic carbocycles. The molecule has 0 radical (unpaired) electrons. The molecule has 0 bridgehead atoms. The van der Waals surface area contributed by atoms with Crippen molar-refractivity contribution in [2.75, 3.05) is 12.4 Å². The minimum absolute atomic E-state index is 0.0622. The Kier molecular flexibility index (Phi) is 5.23. The van der Waals surface area contributed by atoms with E-state index in [4.69, 9.17) is 14.5 Å². The van der Waals surface area contributed by atoms with Crippen LogP contribution < -0.4 is 10.2 Å². The number of methoxy groups -OCH3 is 1. The number of carbonyl (C=O) groups excluding carboxylic acids is 1. The molecule has 1 fully saturated rings. The lowest BCUT2D eigenvalue weighted by Crippen LogP contribution is -2.38. The SMILES string of the molecule is COC(C1CC1)C1Cc2cc(C(=O)Nc3ccc(C(F)(F)F)cc3)ccc2OO1. The Morgan fingerprint density at radius 3 is 2.52 bits per heavy atom. The fourth-order valence-corrected chi connectivity index (χ4v) is 3.52. The van der Waals surface area contributed by atoms with Crippen LogP contribution >= 0.6 is 0 Å². The number of alkyl halides is 3. The zero-order valence-corrected chi connectivity index (χ0v) is 15.7. The average Bonchev–Trinajstić information content (AvgIpc) is 3.53. The first kappa shape index (κ1) is 19.7. The van der Waals surface area contributed by atoms with Gasteiger partial charge in [0, 0.05) is 30.3 Å². The van der Waals surface area contributed by atoms with E-state index in [1.165, 1.54) is 12.1 Å². The van der Waals surface area contributed by atoms with Gasteiger partial charge in [-0.2, -0.15) is 18.1 Å². The van der Waals surface area contributed by atoms with Crippen LogP contribution in [0, 0.1) is 5.92 Å². The summed E-state index contributed by atoms with van der Waals surface area (Å²) in [6.45, 7) is 0. The van der Waals surface area contributed by atoms with Crippen LogP contribution in [0.3, 0.4) is 0 Å². The third kappa shape index (κ3) is 4.38. The number of benzene rings is 2. The van der Waals surface area contributed by atoms with E-state index in [-0.39, 0.29) is 17.9 Å². The molecule has 2 aromatic carbocycles. The van der Waals surface area contributed by atoms with Gasteiger partial charge in [0.15, 0.2) is 5.75 Å². The molecule has 4 rings (SSSR count). The van der Waals surface area contributed by atoms with Gasteiger partial charge in [-0.05, 0) is 61.2 Å². The number of nitrogens with one attached hydrogen (secondary N) is 1. The second-order valence-electron chi connectivity index (χ2n) is 7.31. The molecular formula is C21H20F3NO4. The summed E-state index contributed by atoms with van der Waals surface area (Å²) in [4.78, 5) is 23.4. The van der Waals surface area contributed by atoms with Gasteiger partial charge in [0.05, 0.1) is 11.7 Å². The van der Waals surface area contributed by atoms with Gasteiger partial charge in [-0.1, -0.05) is 0 Å². The second-order valence-corrected chi connectivity index (χ2v) is 7.31. The molecule has 1 heterocycles. The van der Waals surface area contributed by atoms with Crippen LogP contribution in [0.4, 0.5) is 18.9 Å². The van der Waals surface area contributed by atoms with Gasteiger partial charge in [0.25, 0.3) is 5.91 Å². The van der Waals surface area contributed by atoms with Crippen molar-refractivity contribution in [1.29, 1.82) is 0 Å². The monoisotopic (exact) mass is 407 g/mol. The van der Waals surface area contributed by atoms with Crippen LogP contribution in [0.15, 0.2) is 42.5 Å². The van der Waals surface area contributed by atoms with Crippen molar-refractivity contribution in [3.63, 3.8) is 0 Å². The Labute approximate surface area is 165 Å². The number of halogens is 3. The summed E-state index contributed by atoms with van der Waals surface area (Å²) >= 11 is 0. The van der Waals surface area contributed by atoms with Crippen LogP contribution in [-0.4, -0.2) is 25.2 Å². The Morgan fingerprint density at radius 1 is 1.17 bits per heavy atom. The summed E-state index contributed by atoms with van der Waals surface area (Å²) in [5, 5.41) is 2.61. The highest BCUT2D eigenvalue weighted by Crippen LogP contribution is 2.39. The quantitative estimate of drug-likeness (QED) is 0.735. The number of rotatable bonds is 5. The van der Waals surface area contributed by atoms with Crippen LogP contribution in [0.25, 0.3) is 0 Å². The van der Waals surface area contributed by atoms with E-state index < -0.39 is 17.6 Å². The van der Waals surface area contributed by atoms with Crippen LogP contribution in [0.1, 0.15) is 34.3 Å². The van der Waals surface area contributed by atoms with Crippen LogP contribution in [0.2, 0.25) is 0 Å². The van der Waals surface area contributed by atoms with E-state index in [0.717, 1.165) is 30.5 Å². The first-order valence-electron chi connectivity index (χ1n) is 9.33. The summed E-state index contributed by atoms with van der Waals surface area (Å²) in [7, 11) is 1.65. The lowest BCUT2D eigenvalue weighted by molar-refractivity contribution is -0.279. The smallest absolute Gasteiger partial charge is 0.378 e. The number of anilines is 1. The molecule has 0 aromatic heterocycles. The van der Waals surface area contributed by atoms with Crippen molar-refractivity contribution >= 4 is 11.6 Å². The Morgan fingerprint density at radius 2 is 1.90 bits per heavy atom. The number of amides is 1. The van der Waals surface area contributed by atoms with Crippen LogP contribution in [-0.2, 0) is 22.2 Å². The van der Waals surface area contributed by atoms with Gasteiger partial charge in [0.1, 0.15) is 6.10 Å². The highest BCUT2D eigenvalue weighted by Gasteiger charge is 2.40. The van der Waals surface area contributed by atoms with Crippen molar-refractivity contribution < 1.29 is 32.5 Å². The molecule has 2 aromatic rings. The average molecular weight is 407 g/mol. The van der Waals surface area contributed by atoms with Gasteiger partial charge in [-0.25, -0.2) is 0 Å². The topological polar surface area (TPSA) is 56.8 Å². The summed E-state index contributed by atoms with van der Waals surface area (Å²) in [6, 6.07) is 9.25. The van der Waals surface area contributed by atoms with Crippen molar-refractivity contribution in [3.05, 3.63) is 59.2 Å². The van der Waals surface area contributed by atoms with Crippen molar-refractivity contribution in [1.82, 2.24) is 0 Å². The molecule has 154 valence electrons. The number of fused-ring (bicyclic) bond motifs is 1. The van der Waals surface area contributed by atoms with Gasteiger partial charge in [-0.3, -0.25) is 4.79 Å². The Hall–Kier alpha value is -2.58. The zero-order valence-electron chi connectivity index (χ0n) is 15.7. The molecule has 1 aliphatic heterocycles. The predicted octanol–water partition coefficient (Wildman–Crippen LogP) is 4.62. The maximum absolute atomic E-state index is 12.7. The fourth-order valence-electron chi connectivity index (χ4n) is 3.52. The standard InChI is InChI=1S/C21H20F3NO4/c1-27-19(12-2-3-12)18-11-14-10-13(4-9-17(14)28-29-18)20(26)25-16-7-5-15(6-8-16)21(22,23)24/h4-10,12,18-19H,2-3,11H2,1H3,(H,25,26). The number of carbonyl (C=O) groups is 1. The van der Waals surface area contributed by atoms with E-state index in [2.05, 4.69) is 5.32 Å². The lowest BCUT2D eigenvalue weighted by Gasteiger charge is -2.29. The van der Waals surface area contributed by atoms with E-state index >= 15 is 0 Å². The largest absolute Gasteiger partial charge is 0.416 e. The Bertz CT molecular complexity index is 894. The summed E-state index contributed by atoms with van der Waals surface area (Å²) in [5.41, 5.74) is 0.722. The maximum Gasteiger partial charge on any atom is 0.416 e. The summed E-state index contributed by atoms with van der Waals surface area (Å²) in [6.07, 6.45) is -1.99. The molecule has 5 nitrogen and oxygen atoms in total. The van der Waals surface area contributed by atoms with Crippen molar-refractivity contribution in [3.8, 4) is 5.75 Å². The second kappa shape index (κ2) is 7.68. The molecular weight excluding hydrogens is 387 g/mol. The van der Waals surface area contributed by atoms with E-state index in [0.29, 0.717) is 23.7 Å². The van der Waals surface area contributed by atoms with E-state index in [1.807, 2.05) is 0 Å².